The van der Waals surface area contributed by atoms with Gasteiger partial charge in [-0.05, 0) is 55.0 Å². The van der Waals surface area contributed by atoms with E-state index >= 15 is 4.39 Å². The van der Waals surface area contributed by atoms with Crippen LogP contribution in [0.15, 0.2) is 53.6 Å². The Morgan fingerprint density at radius 2 is 1.62 bits per heavy atom. The second kappa shape index (κ2) is 11.1. The molecule has 2 aromatic carbocycles. The maximum atomic E-state index is 16.3. The van der Waals surface area contributed by atoms with Crippen molar-refractivity contribution in [3.8, 4) is 21.8 Å². The largest absolute Gasteiger partial charge is 0.377 e. The lowest BCUT2D eigenvalue weighted by molar-refractivity contribution is 0.0906. The third-order valence-electron chi connectivity index (χ3n) is 9.17. The fourth-order valence-corrected chi connectivity index (χ4v) is 11.5. The average molecular weight is 705 g/mol. The molecule has 0 amide bonds. The van der Waals surface area contributed by atoms with Crippen LogP contribution in [0.2, 0.25) is 0 Å². The molecule has 4 fully saturated rings. The first-order chi connectivity index (χ1) is 22.5. The van der Waals surface area contributed by atoms with E-state index in [9.17, 15) is 25.6 Å². The van der Waals surface area contributed by atoms with Crippen molar-refractivity contribution < 1.29 is 34.7 Å². The number of hydrogen-bond acceptors (Lipinski definition) is 11. The molecule has 11 nitrogen and oxygen atoms in total. The molecule has 3 aliphatic heterocycles. The molecular weight excluding hydrogens is 678 g/mol. The number of nitrogens with one attached hydrogen (secondary N) is 2. The number of fused-ring (bicyclic) bond motifs is 3. The van der Waals surface area contributed by atoms with Crippen LogP contribution >= 0.6 is 11.3 Å². The van der Waals surface area contributed by atoms with Crippen LogP contribution in [0.5, 0.6) is 0 Å². The number of aromatic nitrogens is 3. The van der Waals surface area contributed by atoms with Crippen molar-refractivity contribution in [3.63, 3.8) is 0 Å². The van der Waals surface area contributed by atoms with E-state index in [0.717, 1.165) is 37.1 Å². The van der Waals surface area contributed by atoms with Gasteiger partial charge < -0.3 is 15.0 Å². The van der Waals surface area contributed by atoms with Gasteiger partial charge in [-0.2, -0.15) is 0 Å². The third kappa shape index (κ3) is 5.42. The Morgan fingerprint density at radius 3 is 2.32 bits per heavy atom. The van der Waals surface area contributed by atoms with Gasteiger partial charge in [-0.15, -0.1) is 0 Å². The molecule has 246 valence electrons. The second-order valence-electron chi connectivity index (χ2n) is 12.2. The van der Waals surface area contributed by atoms with Gasteiger partial charge in [0.1, 0.15) is 11.6 Å². The predicted molar refractivity (Wildman–Crippen MR) is 169 cm³/mol. The minimum absolute atomic E-state index is 0.00747. The first-order valence-electron chi connectivity index (χ1n) is 14.9. The van der Waals surface area contributed by atoms with E-state index in [4.69, 9.17) is 14.7 Å². The van der Waals surface area contributed by atoms with Crippen molar-refractivity contribution in [1.82, 2.24) is 15.0 Å². The van der Waals surface area contributed by atoms with Gasteiger partial charge >= 0.3 is 0 Å². The Morgan fingerprint density at radius 1 is 0.936 bits per heavy atom. The molecule has 8 rings (SSSR count). The summed E-state index contributed by atoms with van der Waals surface area (Å²) in [6, 6.07) is 8.43. The quantitative estimate of drug-likeness (QED) is 0.273. The fourth-order valence-electron chi connectivity index (χ4n) is 6.92. The zero-order chi connectivity index (χ0) is 32.7. The first kappa shape index (κ1) is 30.5. The van der Waals surface area contributed by atoms with E-state index in [1.165, 1.54) is 23.5 Å². The summed E-state index contributed by atoms with van der Waals surface area (Å²) in [6.07, 6.45) is 3.37. The zero-order valence-corrected chi connectivity index (χ0v) is 26.9. The third-order valence-corrected chi connectivity index (χ3v) is 13.5. The van der Waals surface area contributed by atoms with Crippen LogP contribution in [0, 0.1) is 29.3 Å². The highest BCUT2D eigenvalue weighted by atomic mass is 32.2. The van der Waals surface area contributed by atoms with Crippen LogP contribution in [0.25, 0.3) is 21.8 Å². The van der Waals surface area contributed by atoms with Gasteiger partial charge in [-0.1, -0.05) is 23.5 Å². The topological polar surface area (TPSA) is 143 Å². The molecule has 5 atom stereocenters. The Balaban J connectivity index is 1.17. The number of benzene rings is 2. The molecule has 0 radical (unpaired) electrons. The number of halogens is 3. The summed E-state index contributed by atoms with van der Waals surface area (Å²) in [5.74, 6) is -3.06. The van der Waals surface area contributed by atoms with Crippen molar-refractivity contribution in [2.45, 2.75) is 35.9 Å². The monoisotopic (exact) mass is 704 g/mol. The molecule has 2 bridgehead atoms. The second-order valence-corrected chi connectivity index (χ2v) is 16.9. The molecule has 3 saturated heterocycles. The lowest BCUT2D eigenvalue weighted by Crippen LogP contribution is -2.45. The van der Waals surface area contributed by atoms with E-state index in [-0.39, 0.29) is 52.7 Å². The number of hydrogen-bond donors (Lipinski definition) is 2. The van der Waals surface area contributed by atoms with E-state index in [1.54, 1.807) is 12.3 Å². The van der Waals surface area contributed by atoms with Crippen LogP contribution in [0.4, 0.5) is 29.9 Å². The van der Waals surface area contributed by atoms with E-state index < -0.39 is 47.9 Å². The molecule has 4 aliphatic rings. The van der Waals surface area contributed by atoms with E-state index in [0.29, 0.717) is 34.9 Å². The molecule has 1 saturated carbocycles. The highest BCUT2D eigenvalue weighted by Gasteiger charge is 2.59. The summed E-state index contributed by atoms with van der Waals surface area (Å²) >= 11 is 1.31. The lowest BCUT2D eigenvalue weighted by Gasteiger charge is -2.34. The number of morpholine rings is 1. The zero-order valence-electron chi connectivity index (χ0n) is 24.4. The van der Waals surface area contributed by atoms with Crippen LogP contribution in [0.3, 0.4) is 0 Å². The molecule has 1 aliphatic carbocycles. The Kier molecular flexibility index (Phi) is 7.23. The predicted octanol–water partition coefficient (Wildman–Crippen LogP) is 4.31. The van der Waals surface area contributed by atoms with Crippen molar-refractivity contribution >= 4 is 48.0 Å². The molecule has 2 N–H and O–H groups in total. The minimum Gasteiger partial charge on any atom is -0.377 e. The van der Waals surface area contributed by atoms with Gasteiger partial charge in [0.05, 0.1) is 58.8 Å². The Hall–Kier alpha value is -3.80. The molecule has 5 heterocycles. The summed E-state index contributed by atoms with van der Waals surface area (Å²) in [5.41, 5.74) is 0.0642. The first-order valence-corrected chi connectivity index (χ1v) is 19.0. The average Bonchev–Trinajstić information content (AvgIpc) is 3.31. The molecule has 47 heavy (non-hydrogen) atoms. The molecule has 2 aromatic heterocycles. The van der Waals surface area contributed by atoms with Gasteiger partial charge in [-0.25, -0.2) is 45.0 Å². The molecule has 17 heteroatoms. The van der Waals surface area contributed by atoms with Gasteiger partial charge in [0.2, 0.25) is 5.95 Å². The summed E-state index contributed by atoms with van der Waals surface area (Å²) < 4.78 is 103. The fraction of sp³-hybridized carbons (Fsp3) is 0.367. The Labute approximate surface area is 272 Å². The smallest absolute Gasteiger partial charge is 0.267 e. The van der Waals surface area contributed by atoms with Crippen molar-refractivity contribution in [2.24, 2.45) is 11.8 Å². The maximum absolute atomic E-state index is 16.3. The van der Waals surface area contributed by atoms with Crippen molar-refractivity contribution in [2.75, 3.05) is 39.7 Å². The number of anilines is 3. The highest BCUT2D eigenvalue weighted by molar-refractivity contribution is 7.92. The minimum atomic E-state index is -4.85. The molecule has 0 spiro atoms. The maximum Gasteiger partial charge on any atom is 0.267 e. The summed E-state index contributed by atoms with van der Waals surface area (Å²) in [4.78, 5) is 15.4. The van der Waals surface area contributed by atoms with Gasteiger partial charge in [0.25, 0.3) is 10.0 Å². The number of sulfonamides is 1. The summed E-state index contributed by atoms with van der Waals surface area (Å²) in [7, 11) is -7.87. The number of sulfone groups is 1. The van der Waals surface area contributed by atoms with E-state index in [1.807, 2.05) is 4.72 Å². The lowest BCUT2D eigenvalue weighted by atomic mass is 10.1. The van der Waals surface area contributed by atoms with Crippen LogP contribution in [-0.4, -0.2) is 74.6 Å². The van der Waals surface area contributed by atoms with Crippen molar-refractivity contribution in [1.29, 1.82) is 0 Å². The molecular formula is C30H27F3N6O5S3. The van der Waals surface area contributed by atoms with Crippen LogP contribution in [-0.2, 0) is 24.6 Å². The van der Waals surface area contributed by atoms with E-state index in [2.05, 4.69) is 15.2 Å². The number of rotatable bonds is 8. The highest BCUT2D eigenvalue weighted by Crippen LogP contribution is 2.49. The Bertz CT molecular complexity index is 2080. The number of nitrogens with zero attached hydrogens (tertiary/aromatic N) is 4. The summed E-state index contributed by atoms with van der Waals surface area (Å²) in [6.45, 7) is 1.06. The molecule has 2 unspecified atom stereocenters. The normalized spacial score (nSPS) is 25.9. The van der Waals surface area contributed by atoms with Crippen molar-refractivity contribution in [3.05, 3.63) is 66.1 Å². The standard InChI is InChI=1S/C30H27F3N6O5S3/c31-20-4-2-5-21(32)28(20)47(42,43)38-22-6-1-3-17(24(22)33)26-27(45-30(37-26)39-15-7-8-16(39)12-44-11-15)23-9-10-34-29(35-23)36-25-18-13-46(40,41)14-19(18)25/h1-6,9-10,15-16,18-19,25,38H,7-8,11-14H2,(H,34,35,36)/t15?,16?,18-,19+,25+. The van der Waals surface area contributed by atoms with Crippen LogP contribution < -0.4 is 14.9 Å². The number of thiazole rings is 1. The SMILES string of the molecule is O=S1(=O)C[C@@H]2[C@H](C1)[C@H]2Nc1nccc(-c2sc(N3C4CCC3COC4)nc2-c2cccc(NS(=O)(=O)c3c(F)cccc3F)c2F)n1. The van der Waals surface area contributed by atoms with Gasteiger partial charge in [0.15, 0.2) is 25.7 Å². The summed E-state index contributed by atoms with van der Waals surface area (Å²) in [5, 5.41) is 3.87. The van der Waals surface area contributed by atoms with Gasteiger partial charge in [-0.3, -0.25) is 4.72 Å². The van der Waals surface area contributed by atoms with Crippen LogP contribution in [0.1, 0.15) is 12.8 Å². The van der Waals surface area contributed by atoms with Gasteiger partial charge in [0, 0.05) is 17.8 Å². The number of ether oxygens (including phenoxy) is 1. The molecule has 4 aromatic rings.